The first-order valence-electron chi connectivity index (χ1n) is 13.7. The maximum atomic E-state index is 13.9. The molecule has 1 aliphatic heterocycles. The topological polar surface area (TPSA) is 63.9 Å². The molecule has 0 spiro atoms. The maximum Gasteiger partial charge on any atom is 0.416 e. The molecule has 10 heteroatoms. The number of piperidine rings is 1. The predicted octanol–water partition coefficient (Wildman–Crippen LogP) is 7.76. The number of ether oxygens (including phenoxy) is 2. The standard InChI is InChI=1S/C30H39F3N2O4Si/c1-22(39-20-29(24-8-6-5-7-9-24)11-14-34(15-12-29)28(36)37)26-19-25(30(31,32)33)18-23-10-13-35(27(23)26)21-38-16-17-40(2,3)4/h5-10,13,18-19,22H,11-12,14-17,20-21H2,1-4H3,(H,36,37). The highest BCUT2D eigenvalue weighted by atomic mass is 28.3. The van der Waals surface area contributed by atoms with E-state index in [-0.39, 0.29) is 13.3 Å². The molecular weight excluding hydrogens is 537 g/mol. The molecule has 0 radical (unpaired) electrons. The van der Waals surface area contributed by atoms with Crippen molar-refractivity contribution in [2.75, 3.05) is 26.3 Å². The molecule has 1 atom stereocenters. The minimum Gasteiger partial charge on any atom is -0.465 e. The predicted molar refractivity (Wildman–Crippen MR) is 152 cm³/mol. The summed E-state index contributed by atoms with van der Waals surface area (Å²) >= 11 is 0. The van der Waals surface area contributed by atoms with Crippen LogP contribution in [0.4, 0.5) is 18.0 Å². The van der Waals surface area contributed by atoms with Crippen LogP contribution in [0.15, 0.2) is 54.7 Å². The van der Waals surface area contributed by atoms with Gasteiger partial charge in [-0.2, -0.15) is 13.2 Å². The van der Waals surface area contributed by atoms with Crippen molar-refractivity contribution in [3.63, 3.8) is 0 Å². The lowest BCUT2D eigenvalue weighted by molar-refractivity contribution is -0.137. The number of nitrogens with zero attached hydrogens (tertiary/aromatic N) is 2. The van der Waals surface area contributed by atoms with Gasteiger partial charge in [0.05, 0.1) is 23.8 Å². The largest absolute Gasteiger partial charge is 0.465 e. The minimum absolute atomic E-state index is 0.248. The van der Waals surface area contributed by atoms with E-state index >= 15 is 0 Å². The average Bonchev–Trinajstić information content (AvgIpc) is 3.32. The highest BCUT2D eigenvalue weighted by molar-refractivity contribution is 6.76. The zero-order chi connectivity index (χ0) is 29.1. The zero-order valence-electron chi connectivity index (χ0n) is 23.6. The number of carboxylic acid groups (broad SMARTS) is 1. The van der Waals surface area contributed by atoms with Crippen LogP contribution in [0.3, 0.4) is 0 Å². The molecule has 1 amide bonds. The Labute approximate surface area is 234 Å². The molecule has 0 aliphatic carbocycles. The minimum atomic E-state index is -4.49. The van der Waals surface area contributed by atoms with Gasteiger partial charge in [0.15, 0.2) is 0 Å². The van der Waals surface area contributed by atoms with E-state index in [0.717, 1.165) is 11.6 Å². The molecule has 6 nitrogen and oxygen atoms in total. The monoisotopic (exact) mass is 576 g/mol. The lowest BCUT2D eigenvalue weighted by Crippen LogP contribution is -2.47. The van der Waals surface area contributed by atoms with Gasteiger partial charge in [0.2, 0.25) is 0 Å². The number of amides is 1. The number of aromatic nitrogens is 1. The zero-order valence-corrected chi connectivity index (χ0v) is 24.6. The molecule has 1 N–H and O–H groups in total. The van der Waals surface area contributed by atoms with Gasteiger partial charge in [-0.05, 0) is 49.6 Å². The second-order valence-corrected chi connectivity index (χ2v) is 17.6. The molecule has 1 unspecified atom stereocenters. The second kappa shape index (κ2) is 12.0. The van der Waals surface area contributed by atoms with Crippen LogP contribution in [0, 0.1) is 0 Å². The van der Waals surface area contributed by atoms with Crippen molar-refractivity contribution in [3.05, 3.63) is 71.4 Å². The number of alkyl halides is 3. The fourth-order valence-electron chi connectivity index (χ4n) is 5.31. The molecule has 4 rings (SSSR count). The Morgan fingerprint density at radius 1 is 1.10 bits per heavy atom. The number of benzene rings is 2. The highest BCUT2D eigenvalue weighted by Crippen LogP contribution is 2.40. The van der Waals surface area contributed by atoms with Gasteiger partial charge in [-0.1, -0.05) is 50.0 Å². The SMILES string of the molecule is CC(OCC1(c2ccccc2)CCN(C(=O)O)CC1)c1cc(C(F)(F)F)cc2ccn(COCC[Si](C)(C)C)c12. The van der Waals surface area contributed by atoms with E-state index in [1.54, 1.807) is 19.2 Å². The molecule has 2 heterocycles. The van der Waals surface area contributed by atoms with E-state index in [0.29, 0.717) is 49.0 Å². The Hall–Kier alpha value is -2.82. The first-order chi connectivity index (χ1) is 18.8. The number of fused-ring (bicyclic) bond motifs is 1. The summed E-state index contributed by atoms with van der Waals surface area (Å²) in [5, 5.41) is 9.94. The molecule has 1 aliphatic rings. The van der Waals surface area contributed by atoms with E-state index in [2.05, 4.69) is 19.6 Å². The van der Waals surface area contributed by atoms with Crippen LogP contribution < -0.4 is 0 Å². The van der Waals surface area contributed by atoms with Crippen LogP contribution in [0.1, 0.15) is 42.6 Å². The molecule has 1 aromatic heterocycles. The van der Waals surface area contributed by atoms with Crippen LogP contribution in [-0.2, 0) is 27.8 Å². The summed E-state index contributed by atoms with van der Waals surface area (Å²) in [5.41, 5.74) is 1.01. The third-order valence-corrected chi connectivity index (χ3v) is 9.57. The number of likely N-dealkylation sites (tertiary alicyclic amines) is 1. The van der Waals surface area contributed by atoms with Crippen LogP contribution in [-0.4, -0.2) is 55.0 Å². The normalized spacial score (nSPS) is 16.8. The summed E-state index contributed by atoms with van der Waals surface area (Å²) in [6, 6.07) is 14.9. The first kappa shape index (κ1) is 30.1. The van der Waals surface area contributed by atoms with Gasteiger partial charge in [0, 0.05) is 50.3 Å². The summed E-state index contributed by atoms with van der Waals surface area (Å²) < 4.78 is 55.8. The number of hydrogen-bond donors (Lipinski definition) is 1. The maximum absolute atomic E-state index is 13.9. The van der Waals surface area contributed by atoms with Gasteiger partial charge in [-0.25, -0.2) is 4.79 Å². The Kier molecular flexibility index (Phi) is 9.01. The van der Waals surface area contributed by atoms with Crippen molar-refractivity contribution in [2.24, 2.45) is 0 Å². The summed E-state index contributed by atoms with van der Waals surface area (Å²) in [6.07, 6.45) is -3.19. The fourth-order valence-corrected chi connectivity index (χ4v) is 6.07. The smallest absolute Gasteiger partial charge is 0.416 e. The summed E-state index contributed by atoms with van der Waals surface area (Å²) in [4.78, 5) is 12.9. The quantitative estimate of drug-likeness (QED) is 0.198. The molecule has 0 bridgehead atoms. The molecule has 3 aromatic rings. The molecule has 1 fully saturated rings. The van der Waals surface area contributed by atoms with Gasteiger partial charge in [0.1, 0.15) is 6.73 Å². The van der Waals surface area contributed by atoms with Gasteiger partial charge in [-0.3, -0.25) is 0 Å². The average molecular weight is 577 g/mol. The van der Waals surface area contributed by atoms with Gasteiger partial charge >= 0.3 is 12.3 Å². The van der Waals surface area contributed by atoms with Crippen molar-refractivity contribution in [2.45, 2.75) is 69.9 Å². The van der Waals surface area contributed by atoms with Crippen molar-refractivity contribution in [1.29, 1.82) is 0 Å². The molecule has 0 saturated carbocycles. The molecule has 1 saturated heterocycles. The van der Waals surface area contributed by atoms with E-state index in [1.807, 2.05) is 34.9 Å². The summed E-state index contributed by atoms with van der Waals surface area (Å²) in [7, 11) is -1.28. The fraction of sp³-hybridized carbons (Fsp3) is 0.500. The number of hydrogen-bond acceptors (Lipinski definition) is 3. The third-order valence-electron chi connectivity index (χ3n) is 7.87. The Bertz CT molecular complexity index is 1300. The van der Waals surface area contributed by atoms with Crippen LogP contribution in [0.25, 0.3) is 10.9 Å². The Balaban J connectivity index is 1.61. The van der Waals surface area contributed by atoms with E-state index in [9.17, 15) is 23.1 Å². The van der Waals surface area contributed by atoms with Crippen LogP contribution in [0.2, 0.25) is 25.7 Å². The van der Waals surface area contributed by atoms with Gasteiger partial charge in [-0.15, -0.1) is 0 Å². The van der Waals surface area contributed by atoms with Crippen molar-refractivity contribution < 1.29 is 32.5 Å². The van der Waals surface area contributed by atoms with Crippen LogP contribution >= 0.6 is 0 Å². The highest BCUT2D eigenvalue weighted by Gasteiger charge is 2.39. The van der Waals surface area contributed by atoms with E-state index in [4.69, 9.17) is 9.47 Å². The van der Waals surface area contributed by atoms with E-state index in [1.165, 1.54) is 17.0 Å². The van der Waals surface area contributed by atoms with Gasteiger partial charge in [0.25, 0.3) is 0 Å². The van der Waals surface area contributed by atoms with Crippen molar-refractivity contribution in [1.82, 2.24) is 9.47 Å². The lowest BCUT2D eigenvalue weighted by atomic mass is 9.73. The second-order valence-electron chi connectivity index (χ2n) is 12.0. The number of halogens is 3. The molecule has 218 valence electrons. The molecular formula is C30H39F3N2O4Si. The third kappa shape index (κ3) is 7.08. The summed E-state index contributed by atoms with van der Waals surface area (Å²) in [5.74, 6) is 0. The number of rotatable bonds is 10. The molecule has 2 aromatic carbocycles. The Morgan fingerprint density at radius 3 is 2.38 bits per heavy atom. The van der Waals surface area contributed by atoms with E-state index < -0.39 is 37.4 Å². The van der Waals surface area contributed by atoms with Crippen LogP contribution in [0.5, 0.6) is 0 Å². The van der Waals surface area contributed by atoms with Crippen molar-refractivity contribution >= 4 is 25.1 Å². The lowest BCUT2D eigenvalue weighted by Gasteiger charge is -2.41. The van der Waals surface area contributed by atoms with Gasteiger partial charge < -0.3 is 24.0 Å². The van der Waals surface area contributed by atoms with Crippen molar-refractivity contribution in [3.8, 4) is 0 Å². The molecule has 40 heavy (non-hydrogen) atoms. The number of carbonyl (C=O) groups is 1. The first-order valence-corrected chi connectivity index (χ1v) is 17.4. The Morgan fingerprint density at radius 2 is 1.77 bits per heavy atom. The summed E-state index contributed by atoms with van der Waals surface area (Å²) in [6.45, 7) is 10.4.